The van der Waals surface area contributed by atoms with Crippen LogP contribution in [0.25, 0.3) is 10.9 Å². The van der Waals surface area contributed by atoms with E-state index in [1.54, 1.807) is 0 Å². The number of aryl methyl sites for hydroxylation is 2. The molecule has 4 rings (SSSR count). The topological polar surface area (TPSA) is 44.8 Å². The molecular formula is C19H22N4. The van der Waals surface area contributed by atoms with E-state index in [1.165, 1.54) is 16.5 Å². The van der Waals surface area contributed by atoms with Crippen LogP contribution in [0.4, 0.5) is 0 Å². The maximum atomic E-state index is 4.65. The molecule has 1 aliphatic rings. The summed E-state index contributed by atoms with van der Waals surface area (Å²) in [5.74, 6) is 1.48. The molecule has 0 amide bonds. The number of likely N-dealkylation sites (tertiary alicyclic amines) is 1. The Morgan fingerprint density at radius 2 is 1.96 bits per heavy atom. The van der Waals surface area contributed by atoms with E-state index in [2.05, 4.69) is 58.0 Å². The smallest absolute Gasteiger partial charge is 0.133 e. The van der Waals surface area contributed by atoms with E-state index in [4.69, 9.17) is 0 Å². The van der Waals surface area contributed by atoms with Crippen LogP contribution in [0.3, 0.4) is 0 Å². The van der Waals surface area contributed by atoms with E-state index >= 15 is 0 Å². The van der Waals surface area contributed by atoms with Gasteiger partial charge < -0.3 is 4.98 Å². The van der Waals surface area contributed by atoms with Crippen molar-refractivity contribution in [3.8, 4) is 0 Å². The number of nitrogens with one attached hydrogen (secondary N) is 1. The van der Waals surface area contributed by atoms with E-state index in [9.17, 15) is 0 Å². The monoisotopic (exact) mass is 306 g/mol. The Bertz CT molecular complexity index is 816. The van der Waals surface area contributed by atoms with Crippen LogP contribution in [0, 0.1) is 13.8 Å². The molecule has 1 aliphatic heterocycles. The molecular weight excluding hydrogens is 284 g/mol. The number of aromatic amines is 1. The predicted molar refractivity (Wildman–Crippen MR) is 92.4 cm³/mol. The molecule has 118 valence electrons. The summed E-state index contributed by atoms with van der Waals surface area (Å²) in [5, 5.41) is 1.29. The normalized spacial score (nSPS) is 18.8. The summed E-state index contributed by atoms with van der Waals surface area (Å²) in [6.07, 6.45) is 3.15. The van der Waals surface area contributed by atoms with E-state index < -0.39 is 0 Å². The molecule has 1 atom stereocenters. The Kier molecular flexibility index (Phi) is 3.62. The average Bonchev–Trinajstić information content (AvgIpc) is 3.14. The summed E-state index contributed by atoms with van der Waals surface area (Å²) in [6.45, 7) is 7.27. The van der Waals surface area contributed by atoms with Crippen molar-refractivity contribution < 1.29 is 0 Å². The molecule has 1 fully saturated rings. The number of fused-ring (bicyclic) bond motifs is 1. The molecule has 1 saturated heterocycles. The van der Waals surface area contributed by atoms with Gasteiger partial charge in [-0.1, -0.05) is 6.07 Å². The summed E-state index contributed by atoms with van der Waals surface area (Å²) in [6, 6.07) is 10.9. The Morgan fingerprint density at radius 3 is 2.78 bits per heavy atom. The zero-order chi connectivity index (χ0) is 15.8. The van der Waals surface area contributed by atoms with Gasteiger partial charge in [0.15, 0.2) is 0 Å². The second-order valence-electron chi connectivity index (χ2n) is 6.63. The van der Waals surface area contributed by atoms with E-state index in [0.29, 0.717) is 5.92 Å². The first-order valence-electron chi connectivity index (χ1n) is 8.28. The quantitative estimate of drug-likeness (QED) is 0.804. The van der Waals surface area contributed by atoms with Gasteiger partial charge in [-0.25, -0.2) is 9.97 Å². The lowest BCUT2D eigenvalue weighted by molar-refractivity contribution is 0.326. The molecule has 3 aromatic rings. The highest BCUT2D eigenvalue weighted by Crippen LogP contribution is 2.27. The minimum Gasteiger partial charge on any atom is -0.361 e. The van der Waals surface area contributed by atoms with Crippen molar-refractivity contribution in [2.45, 2.75) is 32.7 Å². The minimum atomic E-state index is 0.463. The SMILES string of the molecule is Cc1cc(C)nc(C2CCN(Cc3ccc4[nH]ccc4c3)C2)n1. The number of H-pyrrole nitrogens is 1. The lowest BCUT2D eigenvalue weighted by Crippen LogP contribution is -2.20. The summed E-state index contributed by atoms with van der Waals surface area (Å²) in [5.41, 5.74) is 4.73. The second-order valence-corrected chi connectivity index (χ2v) is 6.63. The van der Waals surface area contributed by atoms with Gasteiger partial charge in [0.2, 0.25) is 0 Å². The van der Waals surface area contributed by atoms with Gasteiger partial charge >= 0.3 is 0 Å². The first-order valence-corrected chi connectivity index (χ1v) is 8.28. The zero-order valence-electron chi connectivity index (χ0n) is 13.7. The summed E-state index contributed by atoms with van der Waals surface area (Å²) < 4.78 is 0. The molecule has 0 radical (unpaired) electrons. The van der Waals surface area contributed by atoms with Crippen molar-refractivity contribution in [3.05, 3.63) is 59.3 Å². The van der Waals surface area contributed by atoms with Gasteiger partial charge in [-0.05, 0) is 62.0 Å². The third-order valence-electron chi connectivity index (χ3n) is 4.66. The summed E-state index contributed by atoms with van der Waals surface area (Å²) in [4.78, 5) is 15.1. The van der Waals surface area contributed by atoms with Gasteiger partial charge in [-0.2, -0.15) is 0 Å². The van der Waals surface area contributed by atoms with Crippen LogP contribution in [-0.4, -0.2) is 32.9 Å². The lowest BCUT2D eigenvalue weighted by atomic mass is 10.1. The Labute approximate surface area is 136 Å². The minimum absolute atomic E-state index is 0.463. The van der Waals surface area contributed by atoms with E-state index in [1.807, 2.05) is 12.3 Å². The highest BCUT2D eigenvalue weighted by atomic mass is 15.2. The van der Waals surface area contributed by atoms with Crippen molar-refractivity contribution in [1.82, 2.24) is 19.9 Å². The van der Waals surface area contributed by atoms with Gasteiger partial charge in [0.25, 0.3) is 0 Å². The van der Waals surface area contributed by atoms with E-state index in [0.717, 1.165) is 43.3 Å². The number of hydrogen-bond acceptors (Lipinski definition) is 3. The first-order chi connectivity index (χ1) is 11.2. The number of benzene rings is 1. The fourth-order valence-electron chi connectivity index (χ4n) is 3.58. The number of nitrogens with zero attached hydrogens (tertiary/aromatic N) is 3. The highest BCUT2D eigenvalue weighted by molar-refractivity contribution is 5.79. The summed E-state index contributed by atoms with van der Waals surface area (Å²) in [7, 11) is 0. The molecule has 3 heterocycles. The van der Waals surface area contributed by atoms with Gasteiger partial charge in [-0.15, -0.1) is 0 Å². The van der Waals surface area contributed by atoms with Gasteiger partial charge in [0, 0.05) is 42.1 Å². The third kappa shape index (κ3) is 2.99. The van der Waals surface area contributed by atoms with Crippen molar-refractivity contribution in [3.63, 3.8) is 0 Å². The highest BCUT2D eigenvalue weighted by Gasteiger charge is 2.26. The first kappa shape index (κ1) is 14.4. The maximum absolute atomic E-state index is 4.65. The van der Waals surface area contributed by atoms with Crippen molar-refractivity contribution in [2.75, 3.05) is 13.1 Å². The predicted octanol–water partition coefficient (Wildman–Crippen LogP) is 3.56. The largest absolute Gasteiger partial charge is 0.361 e. The summed E-state index contributed by atoms with van der Waals surface area (Å²) >= 11 is 0. The molecule has 0 bridgehead atoms. The van der Waals surface area contributed by atoms with Crippen LogP contribution < -0.4 is 0 Å². The molecule has 0 saturated carbocycles. The molecule has 4 nitrogen and oxygen atoms in total. The molecule has 1 aromatic carbocycles. The van der Waals surface area contributed by atoms with Crippen LogP contribution in [-0.2, 0) is 6.54 Å². The molecule has 4 heteroatoms. The number of rotatable bonds is 3. The van der Waals surface area contributed by atoms with Crippen LogP contribution in [0.15, 0.2) is 36.5 Å². The lowest BCUT2D eigenvalue weighted by Gasteiger charge is -2.16. The molecule has 23 heavy (non-hydrogen) atoms. The molecule has 0 spiro atoms. The number of hydrogen-bond donors (Lipinski definition) is 1. The maximum Gasteiger partial charge on any atom is 0.133 e. The average molecular weight is 306 g/mol. The van der Waals surface area contributed by atoms with Gasteiger partial charge in [0.1, 0.15) is 5.82 Å². The zero-order valence-corrected chi connectivity index (χ0v) is 13.7. The Morgan fingerprint density at radius 1 is 1.13 bits per heavy atom. The van der Waals surface area contributed by atoms with Crippen LogP contribution in [0.1, 0.15) is 35.1 Å². The van der Waals surface area contributed by atoms with Crippen molar-refractivity contribution in [2.24, 2.45) is 0 Å². The molecule has 1 unspecified atom stereocenters. The third-order valence-corrected chi connectivity index (χ3v) is 4.66. The van der Waals surface area contributed by atoms with Crippen LogP contribution in [0.2, 0.25) is 0 Å². The van der Waals surface area contributed by atoms with Gasteiger partial charge in [-0.3, -0.25) is 4.90 Å². The van der Waals surface area contributed by atoms with Crippen molar-refractivity contribution in [1.29, 1.82) is 0 Å². The molecule has 0 aliphatic carbocycles. The van der Waals surface area contributed by atoms with E-state index in [-0.39, 0.29) is 0 Å². The number of aromatic nitrogens is 3. The van der Waals surface area contributed by atoms with Gasteiger partial charge in [0.05, 0.1) is 0 Å². The molecule has 1 N–H and O–H groups in total. The second kappa shape index (κ2) is 5.78. The van der Waals surface area contributed by atoms with Crippen molar-refractivity contribution >= 4 is 10.9 Å². The fourth-order valence-corrected chi connectivity index (χ4v) is 3.58. The van der Waals surface area contributed by atoms with Crippen LogP contribution in [0.5, 0.6) is 0 Å². The standard InChI is InChI=1S/C19H22N4/c1-13-9-14(2)22-19(21-13)17-6-8-23(12-17)11-15-3-4-18-16(10-15)5-7-20-18/h3-5,7,9-10,17,20H,6,8,11-12H2,1-2H3. The Hall–Kier alpha value is -2.20. The Balaban J connectivity index is 1.47. The molecule has 2 aromatic heterocycles. The fraction of sp³-hybridized carbons (Fsp3) is 0.368. The van der Waals surface area contributed by atoms with Crippen LogP contribution >= 0.6 is 0 Å².